The number of hydrogen-bond donors (Lipinski definition) is 1. The quantitative estimate of drug-likeness (QED) is 0.752. The van der Waals surface area contributed by atoms with E-state index in [0.717, 1.165) is 10.7 Å². The van der Waals surface area contributed by atoms with Crippen LogP contribution in [-0.2, 0) is 0 Å². The van der Waals surface area contributed by atoms with Gasteiger partial charge in [-0.1, -0.05) is 74.6 Å². The second-order valence-electron chi connectivity index (χ2n) is 6.40. The molecule has 122 valence electrons. The first-order chi connectivity index (χ1) is 11.0. The minimum Gasteiger partial charge on any atom is -0.378 e. The van der Waals surface area contributed by atoms with Crippen LogP contribution in [0.2, 0.25) is 0 Å². The van der Waals surface area contributed by atoms with Gasteiger partial charge in [-0.3, -0.25) is 0 Å². The number of thiocarbonyl (C=S) groups is 1. The molecule has 0 saturated heterocycles. The molecule has 2 aromatic rings. The highest BCUT2D eigenvalue weighted by Crippen LogP contribution is 2.33. The molecule has 0 heterocycles. The molecule has 1 N–H and O–H groups in total. The number of para-hydroxylation sites is 1. The van der Waals surface area contributed by atoms with Gasteiger partial charge >= 0.3 is 0 Å². The van der Waals surface area contributed by atoms with Crippen LogP contribution in [0.3, 0.4) is 0 Å². The molecule has 0 aliphatic rings. The van der Waals surface area contributed by atoms with Gasteiger partial charge in [0.2, 0.25) is 0 Å². The maximum absolute atomic E-state index is 5.75. The summed E-state index contributed by atoms with van der Waals surface area (Å²) >= 11 is 5.75. The van der Waals surface area contributed by atoms with E-state index in [1.807, 2.05) is 20.2 Å². The molecule has 0 aliphatic heterocycles. The fourth-order valence-electron chi connectivity index (χ4n) is 2.87. The van der Waals surface area contributed by atoms with Crippen molar-refractivity contribution in [1.82, 2.24) is 4.90 Å². The summed E-state index contributed by atoms with van der Waals surface area (Å²) in [5.74, 6) is 0.675. The van der Waals surface area contributed by atoms with E-state index in [1.54, 1.807) is 0 Å². The molecule has 0 fully saturated rings. The van der Waals surface area contributed by atoms with Crippen LogP contribution in [0.25, 0.3) is 0 Å². The lowest BCUT2D eigenvalue weighted by atomic mass is 9.83. The Kier molecular flexibility index (Phi) is 6.17. The third-order valence-corrected chi connectivity index (χ3v) is 4.70. The highest BCUT2D eigenvalue weighted by Gasteiger charge is 2.30. The first-order valence-corrected chi connectivity index (χ1v) is 8.49. The van der Waals surface area contributed by atoms with Crippen molar-refractivity contribution in [3.8, 4) is 0 Å². The average Bonchev–Trinajstić information content (AvgIpc) is 2.55. The molecule has 0 saturated carbocycles. The second-order valence-corrected chi connectivity index (χ2v) is 6.82. The van der Waals surface area contributed by atoms with Gasteiger partial charge < -0.3 is 10.2 Å². The van der Waals surface area contributed by atoms with Gasteiger partial charge in [0, 0.05) is 25.7 Å². The maximum Gasteiger partial charge on any atom is 0.0832 e. The van der Waals surface area contributed by atoms with Gasteiger partial charge in [-0.15, -0.1) is 0 Å². The zero-order valence-corrected chi connectivity index (χ0v) is 15.2. The van der Waals surface area contributed by atoms with E-state index < -0.39 is 0 Å². The maximum atomic E-state index is 5.75. The molecule has 0 aromatic heterocycles. The molecule has 0 amide bonds. The van der Waals surface area contributed by atoms with Crippen LogP contribution < -0.4 is 5.32 Å². The molecule has 2 rings (SSSR count). The Morgan fingerprint density at radius 3 is 1.91 bits per heavy atom. The third kappa shape index (κ3) is 4.55. The van der Waals surface area contributed by atoms with E-state index in [4.69, 9.17) is 12.2 Å². The molecule has 0 spiro atoms. The van der Waals surface area contributed by atoms with Gasteiger partial charge in [0.1, 0.15) is 0 Å². The molecule has 23 heavy (non-hydrogen) atoms. The Hall–Kier alpha value is -1.87. The molecule has 0 aliphatic carbocycles. The molecule has 3 heteroatoms. The smallest absolute Gasteiger partial charge is 0.0832 e. The van der Waals surface area contributed by atoms with Gasteiger partial charge in [-0.25, -0.2) is 0 Å². The molecular weight excluding hydrogens is 300 g/mol. The second kappa shape index (κ2) is 8.11. The van der Waals surface area contributed by atoms with Crippen molar-refractivity contribution < 1.29 is 0 Å². The summed E-state index contributed by atoms with van der Waals surface area (Å²) < 4.78 is 0. The minimum atomic E-state index is 0.147. The Balaban J connectivity index is 2.41. The molecule has 2 aromatic carbocycles. The molecule has 2 unspecified atom stereocenters. The standard InChI is InChI=1S/C20H26N2S/c1-15(2)18(20(23)22(3)4)19(16-11-7-5-8-12-16)21-17-13-9-6-10-14-17/h5-15,18-19,21H,1-4H3. The van der Waals surface area contributed by atoms with Crippen molar-refractivity contribution in [3.05, 3.63) is 66.2 Å². The van der Waals surface area contributed by atoms with Crippen molar-refractivity contribution in [2.24, 2.45) is 11.8 Å². The number of nitrogens with zero attached hydrogens (tertiary/aromatic N) is 1. The zero-order valence-electron chi connectivity index (χ0n) is 14.4. The van der Waals surface area contributed by atoms with Crippen LogP contribution in [0.15, 0.2) is 60.7 Å². The van der Waals surface area contributed by atoms with E-state index in [-0.39, 0.29) is 12.0 Å². The first kappa shape index (κ1) is 17.5. The average molecular weight is 327 g/mol. The third-order valence-electron chi connectivity index (χ3n) is 4.06. The predicted octanol–water partition coefficient (Wildman–Crippen LogP) is 5.00. The number of benzene rings is 2. The molecule has 2 atom stereocenters. The van der Waals surface area contributed by atoms with Crippen LogP contribution in [0.1, 0.15) is 25.5 Å². The monoisotopic (exact) mass is 326 g/mol. The van der Waals surface area contributed by atoms with Gasteiger partial charge in [-0.2, -0.15) is 0 Å². The first-order valence-electron chi connectivity index (χ1n) is 8.08. The Morgan fingerprint density at radius 2 is 1.43 bits per heavy atom. The van der Waals surface area contributed by atoms with Gasteiger partial charge in [0.25, 0.3) is 0 Å². The lowest BCUT2D eigenvalue weighted by Gasteiger charge is -2.35. The van der Waals surface area contributed by atoms with Crippen molar-refractivity contribution in [2.75, 3.05) is 19.4 Å². The summed E-state index contributed by atoms with van der Waals surface area (Å²) in [6, 6.07) is 21.1. The summed E-state index contributed by atoms with van der Waals surface area (Å²) in [5.41, 5.74) is 2.38. The zero-order chi connectivity index (χ0) is 16.8. The normalized spacial score (nSPS) is 13.4. The predicted molar refractivity (Wildman–Crippen MR) is 104 cm³/mol. The largest absolute Gasteiger partial charge is 0.378 e. The van der Waals surface area contributed by atoms with Crippen molar-refractivity contribution in [2.45, 2.75) is 19.9 Å². The van der Waals surface area contributed by atoms with E-state index in [2.05, 4.69) is 78.7 Å². The topological polar surface area (TPSA) is 15.3 Å². The van der Waals surface area contributed by atoms with E-state index in [9.17, 15) is 0 Å². The summed E-state index contributed by atoms with van der Waals surface area (Å²) in [4.78, 5) is 3.04. The van der Waals surface area contributed by atoms with Crippen molar-refractivity contribution in [1.29, 1.82) is 0 Å². The number of hydrogen-bond acceptors (Lipinski definition) is 2. The highest BCUT2D eigenvalue weighted by atomic mass is 32.1. The van der Waals surface area contributed by atoms with Crippen LogP contribution in [0.5, 0.6) is 0 Å². The van der Waals surface area contributed by atoms with Crippen LogP contribution in [-0.4, -0.2) is 24.0 Å². The van der Waals surface area contributed by atoms with Crippen molar-refractivity contribution in [3.63, 3.8) is 0 Å². The minimum absolute atomic E-state index is 0.147. The van der Waals surface area contributed by atoms with E-state index >= 15 is 0 Å². The molecular formula is C20H26N2S. The number of rotatable bonds is 6. The van der Waals surface area contributed by atoms with Gasteiger partial charge in [0.05, 0.1) is 11.0 Å². The fraction of sp³-hybridized carbons (Fsp3) is 0.350. The Labute approximate surface area is 145 Å². The van der Waals surface area contributed by atoms with Crippen LogP contribution in [0.4, 0.5) is 5.69 Å². The summed E-state index contributed by atoms with van der Waals surface area (Å²) in [6.07, 6.45) is 0. The van der Waals surface area contributed by atoms with E-state index in [0.29, 0.717) is 5.92 Å². The van der Waals surface area contributed by atoms with Gasteiger partial charge in [0.15, 0.2) is 0 Å². The lowest BCUT2D eigenvalue weighted by molar-refractivity contribution is 0.407. The summed E-state index contributed by atoms with van der Waals surface area (Å²) in [7, 11) is 4.06. The van der Waals surface area contributed by atoms with Crippen LogP contribution in [0, 0.1) is 11.8 Å². The summed E-state index contributed by atoms with van der Waals surface area (Å²) in [6.45, 7) is 4.48. The van der Waals surface area contributed by atoms with E-state index in [1.165, 1.54) is 5.56 Å². The fourth-order valence-corrected chi connectivity index (χ4v) is 3.27. The SMILES string of the molecule is CC(C)C(C(=S)N(C)C)C(Nc1ccccc1)c1ccccc1. The number of nitrogens with one attached hydrogen (secondary N) is 1. The van der Waals surface area contributed by atoms with Gasteiger partial charge in [-0.05, 0) is 23.6 Å². The Morgan fingerprint density at radius 1 is 0.913 bits per heavy atom. The lowest BCUT2D eigenvalue weighted by Crippen LogP contribution is -2.37. The van der Waals surface area contributed by atoms with Crippen LogP contribution >= 0.6 is 12.2 Å². The molecule has 0 radical (unpaired) electrons. The van der Waals surface area contributed by atoms with Crippen molar-refractivity contribution >= 4 is 22.9 Å². The molecule has 2 nitrogen and oxygen atoms in total. The number of anilines is 1. The Bertz CT molecular complexity index is 608. The summed E-state index contributed by atoms with van der Waals surface area (Å²) in [5, 5.41) is 3.70. The molecule has 0 bridgehead atoms. The highest BCUT2D eigenvalue weighted by molar-refractivity contribution is 7.80.